The van der Waals surface area contributed by atoms with Crippen molar-refractivity contribution < 1.29 is 40.4 Å². The van der Waals surface area contributed by atoms with Crippen LogP contribution >= 0.6 is 0 Å². The third kappa shape index (κ3) is 18.2. The molecule has 0 spiro atoms. The Hall–Kier alpha value is -0.850. The molecule has 33 heavy (non-hydrogen) atoms. The van der Waals surface area contributed by atoms with E-state index in [9.17, 15) is 25.2 Å². The Morgan fingerprint density at radius 3 is 1.79 bits per heavy atom. The van der Waals surface area contributed by atoms with E-state index in [2.05, 4.69) is 27.5 Å². The zero-order valence-electron chi connectivity index (χ0n) is 20.3. The van der Waals surface area contributed by atoms with Gasteiger partial charge in [-0.3, -0.25) is 4.79 Å². The van der Waals surface area contributed by atoms with Crippen LogP contribution in [-0.4, -0.2) is 82.2 Å². The molecule has 0 bridgehead atoms. The number of aliphatic hydroxyl groups excluding tert-OH is 4. The summed E-state index contributed by atoms with van der Waals surface area (Å²) in [5.41, 5.74) is 0. The van der Waals surface area contributed by atoms with Crippen molar-refractivity contribution in [1.29, 1.82) is 0 Å². The summed E-state index contributed by atoms with van der Waals surface area (Å²) in [6.45, 7) is 3.53. The molecule has 198 valence electrons. The zero-order valence-corrected chi connectivity index (χ0v) is 20.3. The monoisotopic (exact) mass is 480 g/mol. The number of hydrogen-bond acceptors (Lipinski definition) is 9. The summed E-state index contributed by atoms with van der Waals surface area (Å²) in [5, 5.41) is 55.9. The highest BCUT2D eigenvalue weighted by molar-refractivity contribution is 5.81. The molecule has 0 saturated heterocycles. The van der Waals surface area contributed by atoms with Gasteiger partial charge < -0.3 is 31.1 Å². The van der Waals surface area contributed by atoms with Crippen LogP contribution in [0.15, 0.2) is 0 Å². The summed E-state index contributed by atoms with van der Waals surface area (Å²) in [6.07, 6.45) is 9.09. The van der Waals surface area contributed by atoms with E-state index in [1.165, 1.54) is 70.6 Å². The lowest BCUT2D eigenvalue weighted by atomic mass is 10.0. The standard InChI is InChI=1S/C23H48N2O8/c1-2-3-4-5-6-7-8-9-10-11-12-13-15-24-16-14-17-25-23(30)22(29)21(28)20(27)19(26)18-32-33-31/h19-22,24,26-29,31H,2-18H2,1H3,(H,25,30)/t19-,20-,21+,22-/m1/s1. The van der Waals surface area contributed by atoms with Crippen molar-refractivity contribution in [3.63, 3.8) is 0 Å². The Labute approximate surface area is 198 Å². The Balaban J connectivity index is 3.54. The van der Waals surface area contributed by atoms with Gasteiger partial charge in [0.05, 0.1) is 0 Å². The number of rotatable bonds is 24. The van der Waals surface area contributed by atoms with Gasteiger partial charge in [-0.15, -0.1) is 0 Å². The molecule has 0 aliphatic rings. The zero-order chi connectivity index (χ0) is 24.7. The minimum atomic E-state index is -1.92. The maximum Gasteiger partial charge on any atom is 0.251 e. The molecule has 1 amide bonds. The van der Waals surface area contributed by atoms with Crippen molar-refractivity contribution in [3.05, 3.63) is 0 Å². The maximum absolute atomic E-state index is 11.9. The lowest BCUT2D eigenvalue weighted by Crippen LogP contribution is -2.52. The Bertz CT molecular complexity index is 445. The van der Waals surface area contributed by atoms with Gasteiger partial charge >= 0.3 is 0 Å². The highest BCUT2D eigenvalue weighted by atomic mass is 17.5. The van der Waals surface area contributed by atoms with Crippen molar-refractivity contribution >= 4 is 5.91 Å². The van der Waals surface area contributed by atoms with Crippen LogP contribution in [-0.2, 0) is 14.7 Å². The highest BCUT2D eigenvalue weighted by Crippen LogP contribution is 2.11. The second-order valence-electron chi connectivity index (χ2n) is 8.64. The molecular formula is C23H48N2O8. The van der Waals surface area contributed by atoms with Crippen LogP contribution in [0.1, 0.15) is 90.4 Å². The lowest BCUT2D eigenvalue weighted by molar-refractivity contribution is -0.495. The lowest BCUT2D eigenvalue weighted by Gasteiger charge is -2.25. The fourth-order valence-corrected chi connectivity index (χ4v) is 3.51. The molecule has 0 aromatic heterocycles. The second-order valence-corrected chi connectivity index (χ2v) is 8.64. The minimum Gasteiger partial charge on any atom is -0.388 e. The van der Waals surface area contributed by atoms with Gasteiger partial charge in [-0.05, 0) is 25.9 Å². The normalized spacial score (nSPS) is 15.2. The third-order valence-electron chi connectivity index (χ3n) is 5.66. The van der Waals surface area contributed by atoms with E-state index in [-0.39, 0.29) is 0 Å². The number of amides is 1. The SMILES string of the molecule is CCCCCCCCCCCCCCNCCCNC(=O)[C@H](O)[C@@H](O)[C@H](O)[C@H](O)COOO. The molecule has 0 aliphatic heterocycles. The van der Waals surface area contributed by atoms with Gasteiger partial charge in [-0.25, -0.2) is 10.1 Å². The van der Waals surface area contributed by atoms with Crippen molar-refractivity contribution in [1.82, 2.24) is 10.6 Å². The third-order valence-corrected chi connectivity index (χ3v) is 5.66. The van der Waals surface area contributed by atoms with Gasteiger partial charge in [-0.1, -0.05) is 82.6 Å². The second kappa shape index (κ2) is 22.9. The molecule has 0 aromatic rings. The predicted molar refractivity (Wildman–Crippen MR) is 125 cm³/mol. The van der Waals surface area contributed by atoms with Crippen LogP contribution in [0.5, 0.6) is 0 Å². The molecule has 0 aliphatic carbocycles. The van der Waals surface area contributed by atoms with Gasteiger partial charge in [-0.2, -0.15) is 0 Å². The number of carbonyl (C=O) groups excluding carboxylic acids is 1. The quantitative estimate of drug-likeness (QED) is 0.0619. The Morgan fingerprint density at radius 1 is 0.727 bits per heavy atom. The van der Waals surface area contributed by atoms with E-state index in [1.54, 1.807) is 0 Å². The largest absolute Gasteiger partial charge is 0.388 e. The van der Waals surface area contributed by atoms with E-state index in [0.717, 1.165) is 19.5 Å². The molecule has 10 nitrogen and oxygen atoms in total. The van der Waals surface area contributed by atoms with Gasteiger partial charge in [0.2, 0.25) is 0 Å². The predicted octanol–water partition coefficient (Wildman–Crippen LogP) is 1.65. The molecule has 4 atom stereocenters. The topological polar surface area (TPSA) is 161 Å². The summed E-state index contributed by atoms with van der Waals surface area (Å²) in [5.74, 6) is -0.853. The molecule has 0 aromatic carbocycles. The van der Waals surface area contributed by atoms with E-state index in [4.69, 9.17) is 5.26 Å². The van der Waals surface area contributed by atoms with E-state index in [1.807, 2.05) is 0 Å². The van der Waals surface area contributed by atoms with Gasteiger partial charge in [0.25, 0.3) is 5.91 Å². The first-order valence-corrected chi connectivity index (χ1v) is 12.6. The van der Waals surface area contributed by atoms with Crippen molar-refractivity contribution in [2.75, 3.05) is 26.2 Å². The fourth-order valence-electron chi connectivity index (χ4n) is 3.51. The average Bonchev–Trinajstić information content (AvgIpc) is 2.82. The first-order valence-electron chi connectivity index (χ1n) is 12.6. The summed E-state index contributed by atoms with van der Waals surface area (Å²) >= 11 is 0. The molecule has 0 saturated carbocycles. The van der Waals surface area contributed by atoms with Crippen LogP contribution < -0.4 is 10.6 Å². The molecule has 0 fully saturated rings. The van der Waals surface area contributed by atoms with Crippen LogP contribution in [0.25, 0.3) is 0 Å². The summed E-state index contributed by atoms with van der Waals surface area (Å²) < 4.78 is 0. The van der Waals surface area contributed by atoms with E-state index < -0.39 is 36.9 Å². The van der Waals surface area contributed by atoms with Crippen molar-refractivity contribution in [3.8, 4) is 0 Å². The molecule has 0 rings (SSSR count). The van der Waals surface area contributed by atoms with Crippen molar-refractivity contribution in [2.45, 2.75) is 115 Å². The van der Waals surface area contributed by atoms with Crippen LogP contribution in [0.4, 0.5) is 0 Å². The Morgan fingerprint density at radius 2 is 1.24 bits per heavy atom. The van der Waals surface area contributed by atoms with Gasteiger partial charge in [0.1, 0.15) is 24.9 Å². The van der Waals surface area contributed by atoms with E-state index >= 15 is 0 Å². The van der Waals surface area contributed by atoms with Crippen LogP contribution in [0, 0.1) is 0 Å². The van der Waals surface area contributed by atoms with E-state index in [0.29, 0.717) is 13.0 Å². The molecule has 0 heterocycles. The van der Waals surface area contributed by atoms with Crippen molar-refractivity contribution in [2.24, 2.45) is 0 Å². The van der Waals surface area contributed by atoms with Gasteiger partial charge in [0.15, 0.2) is 6.10 Å². The number of hydrogen-bond donors (Lipinski definition) is 7. The summed E-state index contributed by atoms with van der Waals surface area (Å²) in [6, 6.07) is 0. The molecule has 10 heteroatoms. The molecule has 0 unspecified atom stereocenters. The molecular weight excluding hydrogens is 432 g/mol. The first-order chi connectivity index (χ1) is 16.0. The van der Waals surface area contributed by atoms with Crippen LogP contribution in [0.3, 0.4) is 0 Å². The molecule has 0 radical (unpaired) electrons. The number of carbonyl (C=O) groups is 1. The van der Waals surface area contributed by atoms with Gasteiger partial charge in [0, 0.05) is 6.54 Å². The fraction of sp³-hybridized carbons (Fsp3) is 0.957. The highest BCUT2D eigenvalue weighted by Gasteiger charge is 2.34. The van der Waals surface area contributed by atoms with Crippen LogP contribution in [0.2, 0.25) is 0 Å². The number of nitrogens with one attached hydrogen (secondary N) is 2. The number of aliphatic hydroxyl groups is 4. The summed E-state index contributed by atoms with van der Waals surface area (Å²) in [7, 11) is 0. The summed E-state index contributed by atoms with van der Waals surface area (Å²) in [4.78, 5) is 15.9. The molecule has 7 N–H and O–H groups in total. The smallest absolute Gasteiger partial charge is 0.251 e. The minimum absolute atomic E-state index is 0.300. The Kier molecular flexibility index (Phi) is 22.3. The maximum atomic E-state index is 11.9. The average molecular weight is 481 g/mol. The first kappa shape index (κ1) is 32.1. The number of unbranched alkanes of at least 4 members (excludes halogenated alkanes) is 11.